The van der Waals surface area contributed by atoms with Crippen molar-refractivity contribution < 1.29 is 42.1 Å². The lowest BCUT2D eigenvalue weighted by atomic mass is 10.1. The topological polar surface area (TPSA) is 108 Å². The Morgan fingerprint density at radius 2 is 1.41 bits per heavy atom. The highest BCUT2D eigenvalue weighted by Crippen LogP contribution is 2.43. The Bertz CT molecular complexity index is 565. The van der Waals surface area contributed by atoms with Gasteiger partial charge in [-0.15, -0.1) is 0 Å². The molecule has 0 bridgehead atoms. The van der Waals surface area contributed by atoms with Crippen LogP contribution in [0.5, 0.6) is 0 Å². The average molecular weight is 483 g/mol. The number of likely N-dealkylation sites (N-methyl/N-ethyl adjacent to an activating group) is 1. The van der Waals surface area contributed by atoms with Crippen LogP contribution in [0.2, 0.25) is 0 Å². The van der Waals surface area contributed by atoms with Gasteiger partial charge in [0.2, 0.25) is 0 Å². The number of esters is 2. The maximum absolute atomic E-state index is 12.1. The van der Waals surface area contributed by atoms with Crippen molar-refractivity contribution in [2.75, 3.05) is 47.5 Å². The largest absolute Gasteiger partial charge is 0.472 e. The summed E-state index contributed by atoms with van der Waals surface area (Å²) < 4.78 is 33.2. The van der Waals surface area contributed by atoms with Gasteiger partial charge in [0.1, 0.15) is 19.8 Å². The summed E-state index contributed by atoms with van der Waals surface area (Å²) in [5.41, 5.74) is 0. The Morgan fingerprint density at radius 1 is 0.844 bits per heavy atom. The Morgan fingerprint density at radius 3 is 2.03 bits per heavy atom. The van der Waals surface area contributed by atoms with E-state index in [9.17, 15) is 19.0 Å². The van der Waals surface area contributed by atoms with Gasteiger partial charge < -0.3 is 18.9 Å². The van der Waals surface area contributed by atoms with E-state index in [1.54, 1.807) is 0 Å². The van der Waals surface area contributed by atoms with Gasteiger partial charge in [0.25, 0.3) is 0 Å². The van der Waals surface area contributed by atoms with Gasteiger partial charge in [-0.1, -0.05) is 52.4 Å². The first kappa shape index (κ1) is 31.0. The Hall–Kier alpha value is -0.990. The minimum Gasteiger partial charge on any atom is -0.462 e. The van der Waals surface area contributed by atoms with Gasteiger partial charge >= 0.3 is 19.8 Å². The molecule has 0 saturated carbocycles. The minimum atomic E-state index is -4.32. The quantitative estimate of drug-likeness (QED) is 0.119. The Balaban J connectivity index is 4.60. The number of unbranched alkanes of at least 4 members (excludes halogenated alkanes) is 6. The second kappa shape index (κ2) is 17.5. The summed E-state index contributed by atoms with van der Waals surface area (Å²) in [6, 6.07) is 0. The van der Waals surface area contributed by atoms with Crippen molar-refractivity contribution in [2.45, 2.75) is 84.2 Å². The molecule has 1 N–H and O–H groups in total. The molecule has 0 aliphatic rings. The molecule has 2 atom stereocenters. The van der Waals surface area contributed by atoms with E-state index in [0.717, 1.165) is 44.9 Å². The van der Waals surface area contributed by atoms with Crippen LogP contribution in [0.25, 0.3) is 0 Å². The molecule has 0 saturated heterocycles. The number of nitrogens with zero attached hydrogens (tertiary/aromatic N) is 1. The molecular weight excluding hydrogens is 437 g/mol. The van der Waals surface area contributed by atoms with E-state index < -0.39 is 26.5 Å². The number of ether oxygens (including phenoxy) is 2. The molecule has 10 heteroatoms. The standard InChI is InChI=1S/C22H44NO8P/c1-6-8-10-11-13-14-21(24)28-18-20(31-22(25)15-12-9-7-2)19-30-32(26,27)29-17-16-23(3,4)5/h20H,6-19H2,1-5H3/p+1/t20-/m0/s1. The molecule has 0 rings (SSSR count). The van der Waals surface area contributed by atoms with E-state index in [-0.39, 0.29) is 32.0 Å². The number of carbonyl (C=O) groups is 2. The van der Waals surface area contributed by atoms with Crippen molar-refractivity contribution in [1.82, 2.24) is 0 Å². The van der Waals surface area contributed by atoms with Crippen LogP contribution in [0.1, 0.15) is 78.1 Å². The van der Waals surface area contributed by atoms with Crippen LogP contribution in [0.3, 0.4) is 0 Å². The van der Waals surface area contributed by atoms with Gasteiger partial charge in [-0.25, -0.2) is 4.57 Å². The maximum Gasteiger partial charge on any atom is 0.472 e. The van der Waals surface area contributed by atoms with Crippen LogP contribution in [0, 0.1) is 0 Å². The first-order valence-corrected chi connectivity index (χ1v) is 13.3. The van der Waals surface area contributed by atoms with Gasteiger partial charge in [0.05, 0.1) is 27.7 Å². The van der Waals surface area contributed by atoms with Gasteiger partial charge in [-0.2, -0.15) is 0 Å². The van der Waals surface area contributed by atoms with Crippen molar-refractivity contribution >= 4 is 19.8 Å². The van der Waals surface area contributed by atoms with Crippen LogP contribution in [0.15, 0.2) is 0 Å². The molecule has 0 heterocycles. The molecule has 0 aromatic rings. The highest BCUT2D eigenvalue weighted by Gasteiger charge is 2.26. The molecule has 0 aliphatic heterocycles. The molecule has 1 unspecified atom stereocenters. The van der Waals surface area contributed by atoms with Crippen molar-refractivity contribution in [1.29, 1.82) is 0 Å². The summed E-state index contributed by atoms with van der Waals surface area (Å²) in [5.74, 6) is -0.846. The van der Waals surface area contributed by atoms with Gasteiger partial charge in [-0.05, 0) is 12.8 Å². The smallest absolute Gasteiger partial charge is 0.462 e. The Labute approximate surface area is 193 Å². The number of hydrogen-bond acceptors (Lipinski definition) is 7. The zero-order chi connectivity index (χ0) is 24.5. The molecule has 32 heavy (non-hydrogen) atoms. The molecule has 190 valence electrons. The number of carbonyl (C=O) groups excluding carboxylic acids is 2. The number of quaternary nitrogens is 1. The van der Waals surface area contributed by atoms with Crippen LogP contribution in [-0.4, -0.2) is 74.9 Å². The van der Waals surface area contributed by atoms with Crippen molar-refractivity contribution in [3.05, 3.63) is 0 Å². The second-order valence-corrected chi connectivity index (χ2v) is 10.5. The molecule has 0 aliphatic carbocycles. The molecule has 0 fully saturated rings. The lowest BCUT2D eigenvalue weighted by molar-refractivity contribution is -0.870. The third-order valence-electron chi connectivity index (χ3n) is 4.64. The maximum atomic E-state index is 12.1. The zero-order valence-corrected chi connectivity index (χ0v) is 21.6. The average Bonchev–Trinajstić information content (AvgIpc) is 2.69. The SMILES string of the molecule is CCCCCCCC(=O)OC[C@@H](COP(=O)(O)OCC[N+](C)(C)C)OC(=O)CCCCC. The minimum absolute atomic E-state index is 0.0335. The third-order valence-corrected chi connectivity index (χ3v) is 5.62. The van der Waals surface area contributed by atoms with E-state index in [0.29, 0.717) is 17.4 Å². The fourth-order valence-electron chi connectivity index (χ4n) is 2.66. The van der Waals surface area contributed by atoms with Crippen molar-refractivity contribution in [2.24, 2.45) is 0 Å². The van der Waals surface area contributed by atoms with Crippen LogP contribution >= 0.6 is 7.82 Å². The monoisotopic (exact) mass is 482 g/mol. The van der Waals surface area contributed by atoms with E-state index >= 15 is 0 Å². The zero-order valence-electron chi connectivity index (χ0n) is 20.7. The molecule has 0 aromatic heterocycles. The molecule has 0 radical (unpaired) electrons. The van der Waals surface area contributed by atoms with E-state index in [2.05, 4.69) is 6.92 Å². The fraction of sp³-hybridized carbons (Fsp3) is 0.909. The normalized spacial score (nSPS) is 14.6. The molecule has 0 aromatic carbocycles. The third kappa shape index (κ3) is 19.7. The Kier molecular flexibility index (Phi) is 16.9. The van der Waals surface area contributed by atoms with E-state index in [4.69, 9.17) is 18.5 Å². The van der Waals surface area contributed by atoms with Gasteiger partial charge in [0, 0.05) is 12.8 Å². The second-order valence-electron chi connectivity index (χ2n) is 9.03. The van der Waals surface area contributed by atoms with E-state index in [1.807, 2.05) is 28.1 Å². The van der Waals surface area contributed by atoms with Crippen molar-refractivity contribution in [3.63, 3.8) is 0 Å². The lowest BCUT2D eigenvalue weighted by Gasteiger charge is -2.24. The van der Waals surface area contributed by atoms with Crippen LogP contribution in [-0.2, 0) is 32.7 Å². The molecule has 0 amide bonds. The van der Waals surface area contributed by atoms with Gasteiger partial charge in [0.15, 0.2) is 6.10 Å². The number of rotatable bonds is 20. The number of phosphoric acid groups is 1. The first-order chi connectivity index (χ1) is 15.0. The lowest BCUT2D eigenvalue weighted by Crippen LogP contribution is -2.37. The summed E-state index contributed by atoms with van der Waals surface area (Å²) in [4.78, 5) is 33.9. The molecular formula is C22H45NO8P+. The summed E-state index contributed by atoms with van der Waals surface area (Å²) in [6.07, 6.45) is 7.13. The first-order valence-electron chi connectivity index (χ1n) is 11.8. The van der Waals surface area contributed by atoms with Gasteiger partial charge in [-0.3, -0.25) is 18.6 Å². The predicted molar refractivity (Wildman–Crippen MR) is 123 cm³/mol. The summed E-state index contributed by atoms with van der Waals surface area (Å²) >= 11 is 0. The predicted octanol–water partition coefficient (Wildman–Crippen LogP) is 4.22. The van der Waals surface area contributed by atoms with Crippen LogP contribution in [0.4, 0.5) is 0 Å². The summed E-state index contributed by atoms with van der Waals surface area (Å²) in [6.45, 7) is 4.07. The van der Waals surface area contributed by atoms with Crippen molar-refractivity contribution in [3.8, 4) is 0 Å². The highest BCUT2D eigenvalue weighted by atomic mass is 31.2. The summed E-state index contributed by atoms with van der Waals surface area (Å²) in [5, 5.41) is 0. The van der Waals surface area contributed by atoms with E-state index in [1.165, 1.54) is 0 Å². The molecule has 9 nitrogen and oxygen atoms in total. The van der Waals surface area contributed by atoms with Crippen LogP contribution < -0.4 is 0 Å². The summed E-state index contributed by atoms with van der Waals surface area (Å²) in [7, 11) is 1.47. The number of hydrogen-bond donors (Lipinski definition) is 1. The number of phosphoric ester groups is 1. The fourth-order valence-corrected chi connectivity index (χ4v) is 3.40. The molecule has 0 spiro atoms. The highest BCUT2D eigenvalue weighted by molar-refractivity contribution is 7.47.